The molecular weight excluding hydrogens is 399 g/mol. The quantitative estimate of drug-likeness (QED) is 0.362. The number of hydrogen-bond acceptors (Lipinski definition) is 4. The van der Waals surface area contributed by atoms with Crippen LogP contribution in [-0.2, 0) is 6.61 Å². The predicted octanol–water partition coefficient (Wildman–Crippen LogP) is 3.79. The fourth-order valence-corrected chi connectivity index (χ4v) is 2.15. The summed E-state index contributed by atoms with van der Waals surface area (Å²) in [4.78, 5) is 12.1. The average Bonchev–Trinajstić information content (AvgIpc) is 2.54. The van der Waals surface area contributed by atoms with Crippen molar-refractivity contribution in [3.05, 3.63) is 65.2 Å². The van der Waals surface area contributed by atoms with E-state index < -0.39 is 5.97 Å². The van der Waals surface area contributed by atoms with Crippen molar-refractivity contribution in [3.63, 3.8) is 0 Å². The fraction of sp³-hybridized carbons (Fsp3) is 0.0625. The van der Waals surface area contributed by atoms with Crippen LogP contribution in [0.5, 0.6) is 5.75 Å². The molecule has 0 saturated carbocycles. The minimum absolute atomic E-state index is 0.0844. The van der Waals surface area contributed by atoms with E-state index in [1.807, 2.05) is 6.07 Å². The van der Waals surface area contributed by atoms with Crippen LogP contribution in [0.1, 0.15) is 21.5 Å². The summed E-state index contributed by atoms with van der Waals surface area (Å²) in [6.45, 7) is -0.0844. The van der Waals surface area contributed by atoms with Gasteiger partial charge in [-0.3, -0.25) is 0 Å². The van der Waals surface area contributed by atoms with Crippen molar-refractivity contribution in [1.82, 2.24) is 0 Å². The normalized spacial score (nSPS) is 9.62. The lowest BCUT2D eigenvalue weighted by atomic mass is 10.1. The zero-order valence-corrected chi connectivity index (χ0v) is 13.8. The van der Waals surface area contributed by atoms with Crippen LogP contribution in [-0.4, -0.2) is 11.1 Å². The zero-order valence-electron chi connectivity index (χ0n) is 10.9. The lowest BCUT2D eigenvalue weighted by Gasteiger charge is -2.08. The van der Waals surface area contributed by atoms with E-state index in [4.69, 9.17) is 4.74 Å². The molecule has 2 aromatic carbocycles. The predicted molar refractivity (Wildman–Crippen MR) is 92.3 cm³/mol. The van der Waals surface area contributed by atoms with Gasteiger partial charge >= 0.3 is 5.97 Å². The molecule has 0 aromatic heterocycles. The number of halogens is 1. The molecule has 3 nitrogen and oxygen atoms in total. The number of esters is 1. The van der Waals surface area contributed by atoms with E-state index in [2.05, 4.69) is 32.4 Å². The summed E-state index contributed by atoms with van der Waals surface area (Å²) in [6.07, 6.45) is 0. The summed E-state index contributed by atoms with van der Waals surface area (Å²) in [5, 5.41) is 12.0. The number of ether oxygens (including phenoxy) is 1. The Bertz CT molecular complexity index is 690. The number of carbonyl (C=O) groups is 1. The molecule has 0 aliphatic rings. The highest BCUT2D eigenvalue weighted by molar-refractivity contribution is 14.2. The SMILES string of the molecule is O=C(Oc1ccc(CO)cc1C#CSI)c1ccccc1. The van der Waals surface area contributed by atoms with E-state index in [1.165, 1.54) is 8.93 Å². The highest BCUT2D eigenvalue weighted by Crippen LogP contribution is 2.21. The first kappa shape index (κ1) is 15.9. The van der Waals surface area contributed by atoms with Crippen molar-refractivity contribution in [1.29, 1.82) is 0 Å². The molecule has 0 aliphatic heterocycles. The third kappa shape index (κ3) is 4.49. The molecule has 1 N–H and O–H groups in total. The maximum Gasteiger partial charge on any atom is 0.343 e. The molecule has 0 radical (unpaired) electrons. The molecule has 2 rings (SSSR count). The summed E-state index contributed by atoms with van der Waals surface area (Å²) in [5.74, 6) is 2.87. The summed E-state index contributed by atoms with van der Waals surface area (Å²) < 4.78 is 5.39. The van der Waals surface area contributed by atoms with Crippen molar-refractivity contribution in [2.24, 2.45) is 0 Å². The summed E-state index contributed by atoms with van der Waals surface area (Å²) >= 11 is 2.06. The molecule has 0 aliphatic carbocycles. The molecule has 0 unspecified atom stereocenters. The molecule has 0 atom stereocenters. The van der Waals surface area contributed by atoms with Gasteiger partial charge in [0, 0.05) is 21.2 Å². The van der Waals surface area contributed by atoms with Crippen molar-refractivity contribution in [2.75, 3.05) is 0 Å². The third-order valence-electron chi connectivity index (χ3n) is 2.66. The Balaban J connectivity index is 2.29. The Labute approximate surface area is 139 Å². The molecule has 0 heterocycles. The summed E-state index contributed by atoms with van der Waals surface area (Å²) in [7, 11) is 1.34. The Morgan fingerprint density at radius 1 is 1.24 bits per heavy atom. The first-order valence-corrected chi connectivity index (χ1v) is 9.40. The van der Waals surface area contributed by atoms with E-state index in [0.717, 1.165) is 5.56 Å². The molecule has 2 aromatic rings. The lowest BCUT2D eigenvalue weighted by Crippen LogP contribution is -2.09. The van der Waals surface area contributed by atoms with Crippen molar-refractivity contribution in [3.8, 4) is 16.9 Å². The van der Waals surface area contributed by atoms with Crippen LogP contribution in [0.15, 0.2) is 48.5 Å². The van der Waals surface area contributed by atoms with E-state index in [0.29, 0.717) is 16.9 Å². The zero-order chi connectivity index (χ0) is 15.1. The van der Waals surface area contributed by atoms with Crippen LogP contribution in [0, 0.1) is 11.2 Å². The van der Waals surface area contributed by atoms with Gasteiger partial charge < -0.3 is 9.84 Å². The second-order valence-electron chi connectivity index (χ2n) is 4.05. The van der Waals surface area contributed by atoms with Crippen LogP contribution >= 0.6 is 30.1 Å². The Hall–Kier alpha value is -1.49. The van der Waals surface area contributed by atoms with E-state index >= 15 is 0 Å². The first-order chi connectivity index (χ1) is 10.2. The van der Waals surface area contributed by atoms with Crippen LogP contribution < -0.4 is 4.74 Å². The number of rotatable bonds is 3. The van der Waals surface area contributed by atoms with E-state index in [1.54, 1.807) is 42.5 Å². The number of carbonyl (C=O) groups excluding carboxylic acids is 1. The van der Waals surface area contributed by atoms with Gasteiger partial charge in [-0.2, -0.15) is 0 Å². The number of benzene rings is 2. The highest BCUT2D eigenvalue weighted by Gasteiger charge is 2.11. The molecule has 21 heavy (non-hydrogen) atoms. The van der Waals surface area contributed by atoms with Gasteiger partial charge in [0.2, 0.25) is 0 Å². The van der Waals surface area contributed by atoms with Crippen LogP contribution in [0.25, 0.3) is 0 Å². The number of hydrogen-bond donors (Lipinski definition) is 1. The van der Waals surface area contributed by atoms with E-state index in [-0.39, 0.29) is 6.61 Å². The number of aliphatic hydroxyl groups is 1. The van der Waals surface area contributed by atoms with Gasteiger partial charge in [0.15, 0.2) is 0 Å². The molecule has 106 valence electrons. The fourth-order valence-electron chi connectivity index (χ4n) is 1.67. The monoisotopic (exact) mass is 410 g/mol. The first-order valence-electron chi connectivity index (χ1n) is 6.04. The van der Waals surface area contributed by atoms with Gasteiger partial charge in [0.1, 0.15) is 5.75 Å². The van der Waals surface area contributed by atoms with Crippen molar-refractivity contribution >= 4 is 36.1 Å². The van der Waals surface area contributed by atoms with Gasteiger partial charge in [-0.05, 0) is 44.0 Å². The minimum atomic E-state index is -0.433. The Morgan fingerprint density at radius 2 is 2.00 bits per heavy atom. The highest BCUT2D eigenvalue weighted by atomic mass is 127. The smallest absolute Gasteiger partial charge is 0.343 e. The Morgan fingerprint density at radius 3 is 2.67 bits per heavy atom. The topological polar surface area (TPSA) is 46.5 Å². The maximum atomic E-state index is 12.1. The van der Waals surface area contributed by atoms with Crippen LogP contribution in [0.4, 0.5) is 0 Å². The van der Waals surface area contributed by atoms with Crippen LogP contribution in [0.2, 0.25) is 0 Å². The molecule has 0 amide bonds. The summed E-state index contributed by atoms with van der Waals surface area (Å²) in [5.41, 5.74) is 1.78. The van der Waals surface area contributed by atoms with Crippen molar-refractivity contribution < 1.29 is 14.6 Å². The molecule has 0 bridgehead atoms. The minimum Gasteiger partial charge on any atom is -0.422 e. The molecule has 0 saturated heterocycles. The van der Waals surface area contributed by atoms with Gasteiger partial charge in [0.05, 0.1) is 17.7 Å². The van der Waals surface area contributed by atoms with Crippen molar-refractivity contribution in [2.45, 2.75) is 6.61 Å². The Kier molecular flexibility index (Phi) is 6.11. The van der Waals surface area contributed by atoms with E-state index in [9.17, 15) is 9.90 Å². The largest absolute Gasteiger partial charge is 0.422 e. The third-order valence-corrected chi connectivity index (χ3v) is 3.50. The van der Waals surface area contributed by atoms with Gasteiger partial charge in [0.25, 0.3) is 0 Å². The number of aliphatic hydroxyl groups excluding tert-OH is 1. The molecule has 0 spiro atoms. The maximum absolute atomic E-state index is 12.1. The molecule has 5 heteroatoms. The summed E-state index contributed by atoms with van der Waals surface area (Å²) in [6, 6.07) is 13.8. The van der Waals surface area contributed by atoms with Crippen LogP contribution in [0.3, 0.4) is 0 Å². The van der Waals surface area contributed by atoms with Gasteiger partial charge in [-0.15, -0.1) is 0 Å². The molecule has 0 fully saturated rings. The second kappa shape index (κ2) is 8.08. The second-order valence-corrected chi connectivity index (χ2v) is 5.73. The van der Waals surface area contributed by atoms with Gasteiger partial charge in [-0.1, -0.05) is 30.2 Å². The molecular formula is C16H11IO3S. The lowest BCUT2D eigenvalue weighted by molar-refractivity contribution is 0.0734. The average molecular weight is 410 g/mol. The van der Waals surface area contributed by atoms with Gasteiger partial charge in [-0.25, -0.2) is 4.79 Å². The standard InChI is InChI=1S/C16H11IO3S/c17-21-9-8-14-10-12(11-18)6-7-15(14)20-16(19)13-4-2-1-3-5-13/h1-7,10,18H,11H2.